The molecule has 0 aliphatic heterocycles. The topological polar surface area (TPSA) is 78.3 Å². The number of nitrogens with two attached hydrogens (primary N) is 2. The van der Waals surface area contributed by atoms with Gasteiger partial charge in [0, 0.05) is 11.6 Å². The fourth-order valence-corrected chi connectivity index (χ4v) is 0.863. The van der Waals surface area contributed by atoms with Crippen molar-refractivity contribution in [1.82, 2.24) is 0 Å². The van der Waals surface area contributed by atoms with E-state index in [4.69, 9.17) is 5.73 Å². The van der Waals surface area contributed by atoms with Crippen LogP contribution in [0.5, 0.6) is 0 Å². The lowest BCUT2D eigenvalue weighted by Gasteiger charge is -2.04. The number of ether oxygens (including phenoxy) is 1. The summed E-state index contributed by atoms with van der Waals surface area (Å²) in [6.45, 7) is -0.418. The molecule has 0 radical (unpaired) electrons. The number of halogens is 2. The Bertz CT molecular complexity index is 369. The fourth-order valence-electron chi connectivity index (χ4n) is 0.863. The van der Waals surface area contributed by atoms with Gasteiger partial charge in [-0.1, -0.05) is 0 Å². The second kappa shape index (κ2) is 3.91. The van der Waals surface area contributed by atoms with Crippen molar-refractivity contribution in [3.8, 4) is 0 Å². The van der Waals surface area contributed by atoms with E-state index in [1.54, 1.807) is 0 Å². The summed E-state index contributed by atoms with van der Waals surface area (Å²) in [6, 6.07) is 1.67. The number of anilines is 1. The van der Waals surface area contributed by atoms with Gasteiger partial charge in [0.25, 0.3) is 0 Å². The van der Waals surface area contributed by atoms with Crippen molar-refractivity contribution in [2.24, 2.45) is 5.73 Å². The molecule has 0 aliphatic carbocycles. The van der Waals surface area contributed by atoms with Crippen LogP contribution in [0.3, 0.4) is 0 Å². The van der Waals surface area contributed by atoms with Crippen LogP contribution in [0.25, 0.3) is 0 Å². The van der Waals surface area contributed by atoms with E-state index in [0.29, 0.717) is 0 Å². The maximum Gasteiger partial charge on any atom is 0.404 e. The molecule has 0 heterocycles. The highest BCUT2D eigenvalue weighted by atomic mass is 19.1. The third-order valence-corrected chi connectivity index (χ3v) is 1.54. The van der Waals surface area contributed by atoms with Crippen LogP contribution in [0.2, 0.25) is 0 Å². The summed E-state index contributed by atoms with van der Waals surface area (Å²) >= 11 is 0. The quantitative estimate of drug-likeness (QED) is 0.706. The van der Waals surface area contributed by atoms with Crippen molar-refractivity contribution in [1.29, 1.82) is 0 Å². The lowest BCUT2D eigenvalue weighted by atomic mass is 10.2. The number of amides is 1. The first-order valence-electron chi connectivity index (χ1n) is 3.66. The molecule has 1 amide bonds. The number of nitrogen functional groups attached to an aromatic ring is 1. The Morgan fingerprint density at radius 2 is 2.00 bits per heavy atom. The van der Waals surface area contributed by atoms with Crippen molar-refractivity contribution < 1.29 is 18.3 Å². The number of primary amides is 1. The van der Waals surface area contributed by atoms with Crippen molar-refractivity contribution in [3.05, 3.63) is 29.3 Å². The highest BCUT2D eigenvalue weighted by Gasteiger charge is 2.08. The largest absolute Gasteiger partial charge is 0.445 e. The first kappa shape index (κ1) is 10.2. The Labute approximate surface area is 78.4 Å². The lowest BCUT2D eigenvalue weighted by Crippen LogP contribution is -2.13. The van der Waals surface area contributed by atoms with Gasteiger partial charge in [-0.25, -0.2) is 13.6 Å². The summed E-state index contributed by atoms with van der Waals surface area (Å²) in [5.41, 5.74) is 9.34. The molecule has 0 unspecified atom stereocenters. The number of hydrogen-bond donors (Lipinski definition) is 2. The van der Waals surface area contributed by atoms with Gasteiger partial charge in [0.1, 0.15) is 18.2 Å². The van der Waals surface area contributed by atoms with Gasteiger partial charge in [-0.3, -0.25) is 0 Å². The second-order valence-electron chi connectivity index (χ2n) is 2.57. The molecule has 0 fully saturated rings. The minimum absolute atomic E-state index is 0.115. The maximum atomic E-state index is 13.0. The van der Waals surface area contributed by atoms with Crippen LogP contribution >= 0.6 is 0 Å². The smallest absolute Gasteiger partial charge is 0.404 e. The van der Waals surface area contributed by atoms with E-state index in [0.717, 1.165) is 12.1 Å². The van der Waals surface area contributed by atoms with E-state index in [1.165, 1.54) is 0 Å². The molecule has 14 heavy (non-hydrogen) atoms. The van der Waals surface area contributed by atoms with Crippen LogP contribution in [-0.4, -0.2) is 6.09 Å². The summed E-state index contributed by atoms with van der Waals surface area (Å²) in [6.07, 6.45) is -1.05. The molecule has 0 spiro atoms. The average molecular weight is 202 g/mol. The Morgan fingerprint density at radius 1 is 1.36 bits per heavy atom. The molecule has 4 nitrogen and oxygen atoms in total. The van der Waals surface area contributed by atoms with Gasteiger partial charge in [-0.15, -0.1) is 0 Å². The van der Waals surface area contributed by atoms with Gasteiger partial charge in [-0.05, 0) is 6.07 Å². The third-order valence-electron chi connectivity index (χ3n) is 1.54. The lowest BCUT2D eigenvalue weighted by molar-refractivity contribution is 0.149. The normalized spacial score (nSPS) is 9.86. The summed E-state index contributed by atoms with van der Waals surface area (Å²) < 4.78 is 30.1. The van der Waals surface area contributed by atoms with Crippen molar-refractivity contribution >= 4 is 11.8 Å². The van der Waals surface area contributed by atoms with Crippen LogP contribution in [-0.2, 0) is 11.3 Å². The van der Waals surface area contributed by atoms with Crippen LogP contribution in [0, 0.1) is 11.6 Å². The molecule has 0 bridgehead atoms. The Kier molecular flexibility index (Phi) is 2.85. The van der Waals surface area contributed by atoms with Gasteiger partial charge < -0.3 is 16.2 Å². The Balaban J connectivity index is 2.87. The molecule has 1 aromatic rings. The van der Waals surface area contributed by atoms with E-state index >= 15 is 0 Å². The van der Waals surface area contributed by atoms with Gasteiger partial charge in [-0.2, -0.15) is 0 Å². The number of benzene rings is 1. The summed E-state index contributed by atoms with van der Waals surface area (Å²) in [5.74, 6) is -1.51. The zero-order valence-corrected chi connectivity index (χ0v) is 7.09. The SMILES string of the molecule is NC(=O)OCc1cc(F)c(N)cc1F. The average Bonchev–Trinajstić information content (AvgIpc) is 2.09. The molecule has 76 valence electrons. The van der Waals surface area contributed by atoms with Crippen LogP contribution in [0.15, 0.2) is 12.1 Å². The zero-order valence-electron chi connectivity index (χ0n) is 7.09. The number of carbonyl (C=O) groups excluding carboxylic acids is 1. The molecule has 0 saturated heterocycles. The van der Waals surface area contributed by atoms with E-state index in [1.807, 2.05) is 0 Å². The summed E-state index contributed by atoms with van der Waals surface area (Å²) in [7, 11) is 0. The molecule has 4 N–H and O–H groups in total. The van der Waals surface area contributed by atoms with Gasteiger partial charge >= 0.3 is 6.09 Å². The zero-order chi connectivity index (χ0) is 10.7. The molecular weight excluding hydrogens is 194 g/mol. The van der Waals surface area contributed by atoms with Crippen molar-refractivity contribution in [2.75, 3.05) is 5.73 Å². The van der Waals surface area contributed by atoms with Crippen molar-refractivity contribution in [3.63, 3.8) is 0 Å². The maximum absolute atomic E-state index is 13.0. The minimum Gasteiger partial charge on any atom is -0.445 e. The molecule has 6 heteroatoms. The molecule has 1 aromatic carbocycles. The standard InChI is InChI=1S/C8H8F2N2O2/c9-5-2-7(11)6(10)1-4(5)3-14-8(12)13/h1-2H,3,11H2,(H2,12,13). The van der Waals surface area contributed by atoms with Crippen molar-refractivity contribution in [2.45, 2.75) is 6.61 Å². The second-order valence-corrected chi connectivity index (χ2v) is 2.57. The number of carbonyl (C=O) groups is 1. The molecule has 0 atom stereocenters. The van der Waals surface area contributed by atoms with E-state index in [9.17, 15) is 13.6 Å². The van der Waals surface area contributed by atoms with Gasteiger partial charge in [0.2, 0.25) is 0 Å². The first-order chi connectivity index (χ1) is 6.50. The van der Waals surface area contributed by atoms with Gasteiger partial charge in [0.05, 0.1) is 5.69 Å². The monoisotopic (exact) mass is 202 g/mol. The molecule has 1 rings (SSSR count). The highest BCUT2D eigenvalue weighted by Crippen LogP contribution is 2.17. The summed E-state index contributed by atoms with van der Waals surface area (Å²) in [5, 5.41) is 0. The molecule has 0 aliphatic rings. The van der Waals surface area contributed by atoms with Crippen LogP contribution in [0.1, 0.15) is 5.56 Å². The number of rotatable bonds is 2. The third kappa shape index (κ3) is 2.32. The predicted molar refractivity (Wildman–Crippen MR) is 45.1 cm³/mol. The Hall–Kier alpha value is -1.85. The van der Waals surface area contributed by atoms with Gasteiger partial charge in [0.15, 0.2) is 0 Å². The van der Waals surface area contributed by atoms with E-state index < -0.39 is 24.3 Å². The first-order valence-corrected chi connectivity index (χ1v) is 3.66. The predicted octanol–water partition coefficient (Wildman–Crippen LogP) is 1.14. The molecule has 0 saturated carbocycles. The molecule has 0 aromatic heterocycles. The van der Waals surface area contributed by atoms with Crippen LogP contribution < -0.4 is 11.5 Å². The van der Waals surface area contributed by atoms with Crippen LogP contribution in [0.4, 0.5) is 19.3 Å². The van der Waals surface area contributed by atoms with E-state index in [-0.39, 0.29) is 11.3 Å². The molecular formula is C8H8F2N2O2. The highest BCUT2D eigenvalue weighted by molar-refractivity contribution is 5.64. The number of hydrogen-bond acceptors (Lipinski definition) is 3. The minimum atomic E-state index is -1.05. The summed E-state index contributed by atoms with van der Waals surface area (Å²) in [4.78, 5) is 10.2. The Morgan fingerprint density at radius 3 is 2.57 bits per heavy atom. The van der Waals surface area contributed by atoms with E-state index in [2.05, 4.69) is 10.5 Å². The fraction of sp³-hybridized carbons (Fsp3) is 0.125.